The number of hydrogen-bond acceptors (Lipinski definition) is 3. The van der Waals surface area contributed by atoms with Gasteiger partial charge in [0, 0.05) is 31.4 Å². The smallest absolute Gasteiger partial charge is 0.381 e. The number of benzene rings is 1. The van der Waals surface area contributed by atoms with Gasteiger partial charge in [-0.15, -0.1) is 0 Å². The third-order valence-corrected chi connectivity index (χ3v) is 4.61. The Balaban J connectivity index is 1.87. The number of aromatic nitrogens is 1. The minimum Gasteiger partial charge on any atom is -0.381 e. The van der Waals surface area contributed by atoms with Crippen LogP contribution in [-0.2, 0) is 16.3 Å². The van der Waals surface area contributed by atoms with Crippen LogP contribution in [0.5, 0.6) is 0 Å². The fraction of sp³-hybridized carbons (Fsp3) is 0.389. The second-order valence-corrected chi connectivity index (χ2v) is 6.15. The molecule has 0 unspecified atom stereocenters. The van der Waals surface area contributed by atoms with Crippen LogP contribution in [0.15, 0.2) is 42.6 Å². The molecule has 1 aliphatic rings. The van der Waals surface area contributed by atoms with E-state index in [9.17, 15) is 17.6 Å². The Kier molecular flexibility index (Phi) is 4.94. The van der Waals surface area contributed by atoms with E-state index in [4.69, 9.17) is 4.74 Å². The second kappa shape index (κ2) is 7.00. The van der Waals surface area contributed by atoms with Crippen LogP contribution >= 0.6 is 0 Å². The van der Waals surface area contributed by atoms with Crippen LogP contribution in [0.25, 0.3) is 0 Å². The van der Waals surface area contributed by atoms with E-state index in [1.54, 1.807) is 12.1 Å². The second-order valence-electron chi connectivity index (χ2n) is 6.15. The summed E-state index contributed by atoms with van der Waals surface area (Å²) in [6, 6.07) is 8.38. The van der Waals surface area contributed by atoms with Crippen molar-refractivity contribution < 1.29 is 22.3 Å². The minimum absolute atomic E-state index is 0.192. The zero-order valence-corrected chi connectivity index (χ0v) is 13.4. The summed E-state index contributed by atoms with van der Waals surface area (Å²) < 4.78 is 58.0. The number of alkyl halides is 3. The quantitative estimate of drug-likeness (QED) is 0.827. The van der Waals surface area contributed by atoms with Crippen molar-refractivity contribution in [1.82, 2.24) is 4.98 Å². The number of ether oxygens (including phenoxy) is 1. The van der Waals surface area contributed by atoms with Crippen LogP contribution < -0.4 is 5.32 Å². The lowest BCUT2D eigenvalue weighted by Gasteiger charge is -2.38. The molecule has 134 valence electrons. The summed E-state index contributed by atoms with van der Waals surface area (Å²) in [4.78, 5) is 3.85. The molecular formula is C18H18F4N2O. The molecule has 0 aliphatic carbocycles. The molecule has 1 aromatic heterocycles. The van der Waals surface area contributed by atoms with Crippen LogP contribution in [0, 0.1) is 5.82 Å². The first-order valence-corrected chi connectivity index (χ1v) is 8.01. The first kappa shape index (κ1) is 17.7. The summed E-state index contributed by atoms with van der Waals surface area (Å²) in [6.07, 6.45) is -1.87. The van der Waals surface area contributed by atoms with Gasteiger partial charge in [-0.05, 0) is 42.7 Å². The van der Waals surface area contributed by atoms with Crippen LogP contribution in [0.4, 0.5) is 23.4 Å². The average Bonchev–Trinajstić information content (AvgIpc) is 2.61. The number of halogens is 4. The van der Waals surface area contributed by atoms with E-state index in [1.807, 2.05) is 0 Å². The van der Waals surface area contributed by atoms with E-state index < -0.39 is 17.2 Å². The molecule has 0 bridgehead atoms. The zero-order chi connectivity index (χ0) is 17.9. The van der Waals surface area contributed by atoms with Crippen molar-refractivity contribution in [3.8, 4) is 0 Å². The van der Waals surface area contributed by atoms with E-state index in [-0.39, 0.29) is 18.2 Å². The summed E-state index contributed by atoms with van der Waals surface area (Å²) in [5.41, 5.74) is -0.336. The Labute approximate surface area is 143 Å². The standard InChI is InChI=1S/C18H18F4N2O/c19-14-5-3-13(4-6-14)17(7-10-25-11-8-17)12-24-16-15(18(20,21)22)2-1-9-23-16/h1-6,9H,7-8,10-12H2,(H,23,24). The Hall–Kier alpha value is -2.15. The minimum atomic E-state index is -4.48. The van der Waals surface area contributed by atoms with E-state index in [1.165, 1.54) is 24.4 Å². The molecule has 7 heteroatoms. The van der Waals surface area contributed by atoms with Crippen molar-refractivity contribution >= 4 is 5.82 Å². The number of anilines is 1. The van der Waals surface area contributed by atoms with Crippen LogP contribution in [-0.4, -0.2) is 24.7 Å². The van der Waals surface area contributed by atoms with Crippen molar-refractivity contribution in [3.05, 3.63) is 59.5 Å². The molecule has 1 aromatic carbocycles. The van der Waals surface area contributed by atoms with Crippen molar-refractivity contribution in [2.24, 2.45) is 0 Å². The Bertz CT molecular complexity index is 710. The molecule has 2 aromatic rings. The fourth-order valence-electron chi connectivity index (χ4n) is 3.16. The van der Waals surface area contributed by atoms with Crippen molar-refractivity contribution in [2.75, 3.05) is 25.1 Å². The van der Waals surface area contributed by atoms with Crippen molar-refractivity contribution in [2.45, 2.75) is 24.4 Å². The molecule has 0 radical (unpaired) electrons. The number of nitrogens with one attached hydrogen (secondary N) is 1. The monoisotopic (exact) mass is 354 g/mol. The summed E-state index contributed by atoms with van der Waals surface area (Å²) >= 11 is 0. The summed E-state index contributed by atoms with van der Waals surface area (Å²) in [5.74, 6) is -0.536. The highest BCUT2D eigenvalue weighted by atomic mass is 19.4. The van der Waals surface area contributed by atoms with Gasteiger partial charge in [0.2, 0.25) is 0 Å². The van der Waals surface area contributed by atoms with E-state index in [2.05, 4.69) is 10.3 Å². The first-order chi connectivity index (χ1) is 11.9. The number of hydrogen-bond donors (Lipinski definition) is 1. The summed E-state index contributed by atoms with van der Waals surface area (Å²) in [6.45, 7) is 1.28. The van der Waals surface area contributed by atoms with Gasteiger partial charge in [-0.3, -0.25) is 0 Å². The van der Waals surface area contributed by atoms with Gasteiger partial charge in [-0.1, -0.05) is 12.1 Å². The molecule has 3 nitrogen and oxygen atoms in total. The number of nitrogens with zero attached hydrogens (tertiary/aromatic N) is 1. The third-order valence-electron chi connectivity index (χ3n) is 4.61. The van der Waals surface area contributed by atoms with Crippen molar-refractivity contribution in [3.63, 3.8) is 0 Å². The fourth-order valence-corrected chi connectivity index (χ4v) is 3.16. The van der Waals surface area contributed by atoms with Gasteiger partial charge in [0.1, 0.15) is 11.6 Å². The van der Waals surface area contributed by atoms with Crippen molar-refractivity contribution in [1.29, 1.82) is 0 Å². The number of pyridine rings is 1. The van der Waals surface area contributed by atoms with E-state index in [0.717, 1.165) is 11.6 Å². The first-order valence-electron chi connectivity index (χ1n) is 8.01. The van der Waals surface area contributed by atoms with Crippen LogP contribution in [0.3, 0.4) is 0 Å². The molecule has 0 saturated carbocycles. The maximum atomic E-state index is 13.2. The summed E-state index contributed by atoms with van der Waals surface area (Å²) in [7, 11) is 0. The van der Waals surface area contributed by atoms with Crippen LogP contribution in [0.2, 0.25) is 0 Å². The van der Waals surface area contributed by atoms with Gasteiger partial charge in [0.05, 0.1) is 5.56 Å². The predicted octanol–water partition coefficient (Wildman–Crippen LogP) is 4.40. The predicted molar refractivity (Wildman–Crippen MR) is 85.9 cm³/mol. The van der Waals surface area contributed by atoms with Gasteiger partial charge in [-0.2, -0.15) is 13.2 Å². The molecule has 0 atom stereocenters. The molecule has 1 fully saturated rings. The Morgan fingerprint density at radius 2 is 1.76 bits per heavy atom. The highest BCUT2D eigenvalue weighted by molar-refractivity contribution is 5.46. The Morgan fingerprint density at radius 3 is 2.40 bits per heavy atom. The molecule has 0 spiro atoms. The largest absolute Gasteiger partial charge is 0.419 e. The van der Waals surface area contributed by atoms with E-state index >= 15 is 0 Å². The maximum absolute atomic E-state index is 13.2. The molecule has 1 N–H and O–H groups in total. The summed E-state index contributed by atoms with van der Waals surface area (Å²) in [5, 5.41) is 2.86. The lowest BCUT2D eigenvalue weighted by molar-refractivity contribution is -0.137. The molecule has 1 saturated heterocycles. The highest BCUT2D eigenvalue weighted by Crippen LogP contribution is 2.37. The number of rotatable bonds is 4. The van der Waals surface area contributed by atoms with Crippen LogP contribution in [0.1, 0.15) is 24.0 Å². The normalized spacial score (nSPS) is 17.3. The van der Waals surface area contributed by atoms with Gasteiger partial charge < -0.3 is 10.1 Å². The molecule has 2 heterocycles. The SMILES string of the molecule is Fc1ccc(C2(CNc3ncccc3C(F)(F)F)CCOCC2)cc1. The lowest BCUT2D eigenvalue weighted by Crippen LogP contribution is -2.40. The molecule has 0 amide bonds. The molecule has 3 rings (SSSR count). The highest BCUT2D eigenvalue weighted by Gasteiger charge is 2.37. The maximum Gasteiger partial charge on any atom is 0.419 e. The Morgan fingerprint density at radius 1 is 1.08 bits per heavy atom. The topological polar surface area (TPSA) is 34.2 Å². The molecule has 25 heavy (non-hydrogen) atoms. The van der Waals surface area contributed by atoms with Gasteiger partial charge in [0.15, 0.2) is 0 Å². The van der Waals surface area contributed by atoms with E-state index in [0.29, 0.717) is 26.1 Å². The molecular weight excluding hydrogens is 336 g/mol. The van der Waals surface area contributed by atoms with Gasteiger partial charge in [-0.25, -0.2) is 9.37 Å². The lowest BCUT2D eigenvalue weighted by atomic mass is 9.74. The zero-order valence-electron chi connectivity index (χ0n) is 13.4. The van der Waals surface area contributed by atoms with Gasteiger partial charge in [0.25, 0.3) is 0 Å². The van der Waals surface area contributed by atoms with Gasteiger partial charge >= 0.3 is 6.18 Å². The molecule has 1 aliphatic heterocycles. The average molecular weight is 354 g/mol. The third kappa shape index (κ3) is 3.92.